The largest absolute Gasteiger partial charge is 0.285 e. The van der Waals surface area contributed by atoms with Crippen LogP contribution >= 0.6 is 0 Å². The molecule has 0 atom stereocenters. The molecule has 7 nitrogen and oxygen atoms in total. The van der Waals surface area contributed by atoms with Crippen LogP contribution in [0.1, 0.15) is 0 Å². The number of nitrogens with zero attached hydrogens (tertiary/aromatic N) is 7. The molecule has 22 heavy (non-hydrogen) atoms. The van der Waals surface area contributed by atoms with E-state index in [1.54, 1.807) is 23.2 Å². The maximum Gasteiger partial charge on any atom is 0.237 e. The van der Waals surface area contributed by atoms with Gasteiger partial charge >= 0.3 is 0 Å². The molecule has 0 spiro atoms. The minimum atomic E-state index is 0.613. The fourth-order valence-electron chi connectivity index (χ4n) is 2.73. The first-order valence-corrected chi connectivity index (χ1v) is 6.78. The Kier molecular flexibility index (Phi) is 2.10. The summed E-state index contributed by atoms with van der Waals surface area (Å²) >= 11 is 0. The number of fused-ring (bicyclic) bond motifs is 5. The van der Waals surface area contributed by atoms with E-state index in [0.29, 0.717) is 5.65 Å². The van der Waals surface area contributed by atoms with Crippen LogP contribution in [-0.4, -0.2) is 34.3 Å². The summed E-state index contributed by atoms with van der Waals surface area (Å²) in [6.45, 7) is 0. The van der Waals surface area contributed by atoms with Crippen LogP contribution < -0.4 is 0 Å². The van der Waals surface area contributed by atoms with Crippen molar-refractivity contribution >= 4 is 27.7 Å². The van der Waals surface area contributed by atoms with Gasteiger partial charge in [0, 0.05) is 23.5 Å². The normalized spacial score (nSPS) is 11.6. The zero-order valence-electron chi connectivity index (χ0n) is 11.3. The molecule has 0 saturated carbocycles. The van der Waals surface area contributed by atoms with Crippen LogP contribution in [0.5, 0.6) is 0 Å². The summed E-state index contributed by atoms with van der Waals surface area (Å²) in [5.74, 6) is 0.729. The lowest BCUT2D eigenvalue weighted by Gasteiger charge is -2.10. The minimum absolute atomic E-state index is 0.613. The highest BCUT2D eigenvalue weighted by Crippen LogP contribution is 2.24. The number of benzene rings is 1. The van der Waals surface area contributed by atoms with E-state index < -0.39 is 0 Å². The fraction of sp³-hybridized carbons (Fsp3) is 0. The molecule has 0 aliphatic rings. The molecule has 5 aromatic rings. The number of hydrogen-bond acceptors (Lipinski definition) is 5. The molecule has 0 saturated heterocycles. The van der Waals surface area contributed by atoms with Crippen LogP contribution in [0.15, 0.2) is 55.2 Å². The Morgan fingerprint density at radius 2 is 1.86 bits per heavy atom. The first-order valence-electron chi connectivity index (χ1n) is 6.78. The number of pyridine rings is 1. The molecule has 4 aromatic heterocycles. The Hall–Kier alpha value is -3.35. The van der Waals surface area contributed by atoms with Gasteiger partial charge in [0.05, 0.1) is 17.1 Å². The summed E-state index contributed by atoms with van der Waals surface area (Å²) in [4.78, 5) is 8.74. The highest BCUT2D eigenvalue weighted by molar-refractivity contribution is 6.02. The Morgan fingerprint density at radius 1 is 0.955 bits per heavy atom. The van der Waals surface area contributed by atoms with E-state index in [1.807, 2.05) is 41.1 Å². The van der Waals surface area contributed by atoms with Gasteiger partial charge in [0.1, 0.15) is 6.33 Å². The molecule has 0 N–H and O–H groups in total. The van der Waals surface area contributed by atoms with Gasteiger partial charge in [-0.05, 0) is 12.1 Å². The monoisotopic (exact) mass is 287 g/mol. The molecule has 0 aliphatic carbocycles. The SMILES string of the molecule is c1ccc(-n2cc3cnc4nncc4c3n3ncnc23)cc1. The predicted molar refractivity (Wildman–Crippen MR) is 80.7 cm³/mol. The Morgan fingerprint density at radius 3 is 2.77 bits per heavy atom. The Balaban J connectivity index is 2.00. The van der Waals surface area contributed by atoms with Crippen LogP contribution in [0.4, 0.5) is 0 Å². The number of aromatic nitrogens is 7. The van der Waals surface area contributed by atoms with Crippen molar-refractivity contribution in [3.8, 4) is 5.69 Å². The zero-order chi connectivity index (χ0) is 14.5. The van der Waals surface area contributed by atoms with Gasteiger partial charge in [0.25, 0.3) is 0 Å². The second-order valence-corrected chi connectivity index (χ2v) is 4.95. The highest BCUT2D eigenvalue weighted by Gasteiger charge is 2.13. The smallest absolute Gasteiger partial charge is 0.237 e. The van der Waals surface area contributed by atoms with Gasteiger partial charge in [-0.3, -0.25) is 4.57 Å². The average Bonchev–Trinajstić information content (AvgIpc) is 3.23. The summed E-state index contributed by atoms with van der Waals surface area (Å²) in [6, 6.07) is 10.0. The predicted octanol–water partition coefficient (Wildman–Crippen LogP) is 2.01. The van der Waals surface area contributed by atoms with Crippen molar-refractivity contribution < 1.29 is 0 Å². The van der Waals surface area contributed by atoms with Gasteiger partial charge < -0.3 is 0 Å². The lowest BCUT2D eigenvalue weighted by atomic mass is 10.2. The molecule has 104 valence electrons. The molecule has 0 amide bonds. The summed E-state index contributed by atoms with van der Waals surface area (Å²) in [7, 11) is 0. The van der Waals surface area contributed by atoms with Crippen LogP contribution in [0.3, 0.4) is 0 Å². The van der Waals surface area contributed by atoms with Crippen molar-refractivity contribution in [1.29, 1.82) is 0 Å². The summed E-state index contributed by atoms with van der Waals surface area (Å²) in [5.41, 5.74) is 2.54. The van der Waals surface area contributed by atoms with Crippen LogP contribution in [0, 0.1) is 0 Å². The highest BCUT2D eigenvalue weighted by atomic mass is 15.3. The summed E-state index contributed by atoms with van der Waals surface area (Å²) < 4.78 is 3.79. The molecular weight excluding hydrogens is 278 g/mol. The third-order valence-corrected chi connectivity index (χ3v) is 3.69. The summed E-state index contributed by atoms with van der Waals surface area (Å²) in [6.07, 6.45) is 7.05. The van der Waals surface area contributed by atoms with E-state index in [2.05, 4.69) is 25.3 Å². The molecule has 0 fully saturated rings. The molecule has 0 aliphatic heterocycles. The number of hydrogen-bond donors (Lipinski definition) is 0. The van der Waals surface area contributed by atoms with Gasteiger partial charge in [-0.2, -0.15) is 19.7 Å². The first-order chi connectivity index (χ1) is 10.9. The quantitative estimate of drug-likeness (QED) is 0.471. The van der Waals surface area contributed by atoms with Crippen LogP contribution in [-0.2, 0) is 0 Å². The lowest BCUT2D eigenvalue weighted by molar-refractivity contribution is 0.940. The van der Waals surface area contributed by atoms with Gasteiger partial charge in [0.2, 0.25) is 5.78 Å². The van der Waals surface area contributed by atoms with Crippen molar-refractivity contribution in [1.82, 2.24) is 34.3 Å². The second-order valence-electron chi connectivity index (χ2n) is 4.95. The molecule has 5 rings (SSSR count). The molecular formula is C15H9N7. The van der Waals surface area contributed by atoms with Crippen LogP contribution in [0.25, 0.3) is 33.4 Å². The fourth-order valence-corrected chi connectivity index (χ4v) is 2.73. The van der Waals surface area contributed by atoms with Crippen molar-refractivity contribution in [3.63, 3.8) is 0 Å². The average molecular weight is 287 g/mol. The third-order valence-electron chi connectivity index (χ3n) is 3.69. The first kappa shape index (κ1) is 11.3. The van der Waals surface area contributed by atoms with Crippen molar-refractivity contribution in [2.75, 3.05) is 0 Å². The Labute approximate surface area is 123 Å². The number of para-hydroxylation sites is 1. The maximum absolute atomic E-state index is 4.39. The molecule has 0 radical (unpaired) electrons. The van der Waals surface area contributed by atoms with Crippen molar-refractivity contribution in [3.05, 3.63) is 55.2 Å². The van der Waals surface area contributed by atoms with E-state index in [4.69, 9.17) is 0 Å². The van der Waals surface area contributed by atoms with E-state index >= 15 is 0 Å². The van der Waals surface area contributed by atoms with E-state index in [1.165, 1.54) is 0 Å². The lowest BCUT2D eigenvalue weighted by Crippen LogP contribution is -2.04. The second kappa shape index (κ2) is 4.08. The van der Waals surface area contributed by atoms with Gasteiger partial charge in [-0.25, -0.2) is 4.98 Å². The number of rotatable bonds is 1. The van der Waals surface area contributed by atoms with Gasteiger partial charge in [-0.15, -0.1) is 5.10 Å². The van der Waals surface area contributed by atoms with Gasteiger partial charge in [-0.1, -0.05) is 18.2 Å². The van der Waals surface area contributed by atoms with E-state index in [9.17, 15) is 0 Å². The van der Waals surface area contributed by atoms with E-state index in [-0.39, 0.29) is 0 Å². The van der Waals surface area contributed by atoms with E-state index in [0.717, 1.165) is 27.8 Å². The third kappa shape index (κ3) is 1.42. The van der Waals surface area contributed by atoms with Gasteiger partial charge in [0.15, 0.2) is 5.65 Å². The summed E-state index contributed by atoms with van der Waals surface area (Å²) in [5, 5.41) is 14.1. The molecule has 0 unspecified atom stereocenters. The Bertz CT molecular complexity index is 1120. The molecule has 7 heteroatoms. The molecule has 1 aromatic carbocycles. The standard InChI is InChI=1S/C15H9N7/c1-2-4-11(5-3-1)21-8-10-6-16-14-12(7-18-20-14)13(10)22-15(21)17-9-19-22/h1-9H. The van der Waals surface area contributed by atoms with Crippen molar-refractivity contribution in [2.24, 2.45) is 0 Å². The maximum atomic E-state index is 4.39. The zero-order valence-corrected chi connectivity index (χ0v) is 11.3. The van der Waals surface area contributed by atoms with Crippen molar-refractivity contribution in [2.45, 2.75) is 0 Å². The molecule has 4 heterocycles. The van der Waals surface area contributed by atoms with Crippen LogP contribution in [0.2, 0.25) is 0 Å². The minimum Gasteiger partial charge on any atom is -0.285 e. The topological polar surface area (TPSA) is 73.8 Å². The molecule has 0 bridgehead atoms.